The molecular formula is C13H16F2O3S. The monoisotopic (exact) mass is 290 g/mol. The Hall–Kier alpha value is -1.01. The first-order valence-electron chi connectivity index (χ1n) is 6.12. The average molecular weight is 290 g/mol. The van der Waals surface area contributed by atoms with Gasteiger partial charge in [0.25, 0.3) is 10.1 Å². The van der Waals surface area contributed by atoms with E-state index in [0.29, 0.717) is 6.42 Å². The lowest BCUT2D eigenvalue weighted by atomic mass is 9.79. The fourth-order valence-electron chi connectivity index (χ4n) is 2.09. The fraction of sp³-hybridized carbons (Fsp3) is 0.538. The summed E-state index contributed by atoms with van der Waals surface area (Å²) in [4.78, 5) is 0.0945. The molecule has 1 aromatic carbocycles. The van der Waals surface area contributed by atoms with E-state index in [2.05, 4.69) is 0 Å². The van der Waals surface area contributed by atoms with Gasteiger partial charge in [0.15, 0.2) is 0 Å². The first kappa shape index (κ1) is 14.4. The zero-order valence-corrected chi connectivity index (χ0v) is 11.4. The topological polar surface area (TPSA) is 43.4 Å². The van der Waals surface area contributed by atoms with Gasteiger partial charge in [0, 0.05) is 12.8 Å². The van der Waals surface area contributed by atoms with Gasteiger partial charge in [-0.05, 0) is 31.4 Å². The standard InChI is InChI=1S/C13H16F2O3S/c1-10-2-4-12(5-3-10)19(16,17)18-7-6-11-8-13(14,15)9-11/h2-5,11H,6-9H2,1H3. The predicted octanol–water partition coefficient (Wildman–Crippen LogP) is 3.14. The van der Waals surface area contributed by atoms with Crippen molar-refractivity contribution >= 4 is 10.1 Å². The maximum Gasteiger partial charge on any atom is 0.296 e. The van der Waals surface area contributed by atoms with E-state index in [9.17, 15) is 17.2 Å². The van der Waals surface area contributed by atoms with E-state index in [4.69, 9.17) is 4.18 Å². The lowest BCUT2D eigenvalue weighted by molar-refractivity contribution is -0.113. The molecule has 0 unspecified atom stereocenters. The number of rotatable bonds is 5. The van der Waals surface area contributed by atoms with Crippen LogP contribution in [0.2, 0.25) is 0 Å². The van der Waals surface area contributed by atoms with Crippen molar-refractivity contribution < 1.29 is 21.4 Å². The Balaban J connectivity index is 1.83. The molecule has 2 rings (SSSR count). The van der Waals surface area contributed by atoms with Crippen LogP contribution in [0.25, 0.3) is 0 Å². The van der Waals surface area contributed by atoms with Gasteiger partial charge in [0.05, 0.1) is 11.5 Å². The molecule has 106 valence electrons. The normalized spacial score (nSPS) is 19.1. The van der Waals surface area contributed by atoms with Crippen LogP contribution in [0, 0.1) is 12.8 Å². The van der Waals surface area contributed by atoms with Crippen LogP contribution in [0.1, 0.15) is 24.8 Å². The lowest BCUT2D eigenvalue weighted by Crippen LogP contribution is -2.36. The molecule has 0 amide bonds. The Kier molecular flexibility index (Phi) is 3.92. The average Bonchev–Trinajstić information content (AvgIpc) is 2.26. The second kappa shape index (κ2) is 5.17. The summed E-state index contributed by atoms with van der Waals surface area (Å²) in [6, 6.07) is 6.32. The van der Waals surface area contributed by atoms with Gasteiger partial charge in [-0.3, -0.25) is 4.18 Å². The highest BCUT2D eigenvalue weighted by molar-refractivity contribution is 7.86. The Morgan fingerprint density at radius 1 is 1.26 bits per heavy atom. The zero-order valence-electron chi connectivity index (χ0n) is 10.6. The summed E-state index contributed by atoms with van der Waals surface area (Å²) < 4.78 is 53.6. The Morgan fingerprint density at radius 2 is 1.84 bits per heavy atom. The lowest BCUT2D eigenvalue weighted by Gasteiger charge is -2.34. The summed E-state index contributed by atoms with van der Waals surface area (Å²) in [5, 5.41) is 0. The summed E-state index contributed by atoms with van der Waals surface area (Å²) in [6.07, 6.45) is 0.0164. The van der Waals surface area contributed by atoms with Gasteiger partial charge in [-0.1, -0.05) is 17.7 Å². The van der Waals surface area contributed by atoms with Crippen LogP contribution in [0.3, 0.4) is 0 Å². The third kappa shape index (κ3) is 3.73. The third-order valence-electron chi connectivity index (χ3n) is 3.25. The summed E-state index contributed by atoms with van der Waals surface area (Å²) in [7, 11) is -3.77. The van der Waals surface area contributed by atoms with E-state index in [0.717, 1.165) is 5.56 Å². The van der Waals surface area contributed by atoms with Crippen molar-refractivity contribution in [3.8, 4) is 0 Å². The summed E-state index contributed by atoms with van der Waals surface area (Å²) in [5.41, 5.74) is 0.954. The van der Waals surface area contributed by atoms with E-state index in [-0.39, 0.29) is 30.3 Å². The van der Waals surface area contributed by atoms with E-state index in [1.807, 2.05) is 6.92 Å². The highest BCUT2D eigenvalue weighted by Gasteiger charge is 2.44. The predicted molar refractivity (Wildman–Crippen MR) is 66.6 cm³/mol. The van der Waals surface area contributed by atoms with E-state index in [1.54, 1.807) is 12.1 Å². The molecule has 3 nitrogen and oxygen atoms in total. The van der Waals surface area contributed by atoms with Crippen molar-refractivity contribution in [3.05, 3.63) is 29.8 Å². The number of hydrogen-bond donors (Lipinski definition) is 0. The SMILES string of the molecule is Cc1ccc(S(=O)(=O)OCCC2CC(F)(F)C2)cc1. The Labute approximate surface area is 111 Å². The maximum atomic E-state index is 12.6. The van der Waals surface area contributed by atoms with Crippen LogP contribution in [-0.2, 0) is 14.3 Å². The van der Waals surface area contributed by atoms with Gasteiger partial charge in [0.1, 0.15) is 0 Å². The second-order valence-electron chi connectivity index (χ2n) is 5.01. The molecule has 19 heavy (non-hydrogen) atoms. The second-order valence-corrected chi connectivity index (χ2v) is 6.62. The first-order valence-corrected chi connectivity index (χ1v) is 7.53. The van der Waals surface area contributed by atoms with Gasteiger partial charge in [-0.25, -0.2) is 8.78 Å². The highest BCUT2D eigenvalue weighted by Crippen LogP contribution is 2.43. The molecule has 0 saturated heterocycles. The molecule has 1 fully saturated rings. The molecule has 1 aliphatic rings. The van der Waals surface area contributed by atoms with E-state index in [1.165, 1.54) is 12.1 Å². The minimum Gasteiger partial charge on any atom is -0.266 e. The van der Waals surface area contributed by atoms with Crippen molar-refractivity contribution in [1.29, 1.82) is 0 Å². The molecule has 6 heteroatoms. The maximum absolute atomic E-state index is 12.6. The molecule has 0 aromatic heterocycles. The molecule has 1 aliphatic carbocycles. The van der Waals surface area contributed by atoms with Crippen molar-refractivity contribution in [2.45, 2.75) is 37.0 Å². The Bertz CT molecular complexity index is 530. The van der Waals surface area contributed by atoms with Crippen molar-refractivity contribution in [2.75, 3.05) is 6.61 Å². The van der Waals surface area contributed by atoms with Crippen LogP contribution < -0.4 is 0 Å². The fourth-order valence-corrected chi connectivity index (χ4v) is 3.01. The third-order valence-corrected chi connectivity index (χ3v) is 4.58. The van der Waals surface area contributed by atoms with Gasteiger partial charge in [-0.15, -0.1) is 0 Å². The molecule has 1 saturated carbocycles. The van der Waals surface area contributed by atoms with Gasteiger partial charge in [0.2, 0.25) is 5.92 Å². The highest BCUT2D eigenvalue weighted by atomic mass is 32.2. The van der Waals surface area contributed by atoms with Crippen molar-refractivity contribution in [1.82, 2.24) is 0 Å². The zero-order chi connectivity index (χ0) is 14.1. The van der Waals surface area contributed by atoms with Crippen molar-refractivity contribution in [3.63, 3.8) is 0 Å². The molecule has 0 spiro atoms. The van der Waals surface area contributed by atoms with Crippen LogP contribution in [0.4, 0.5) is 8.78 Å². The van der Waals surface area contributed by atoms with Crippen LogP contribution >= 0.6 is 0 Å². The largest absolute Gasteiger partial charge is 0.296 e. The molecule has 0 heterocycles. The number of hydrogen-bond acceptors (Lipinski definition) is 3. The summed E-state index contributed by atoms with van der Waals surface area (Å²) >= 11 is 0. The van der Waals surface area contributed by atoms with Crippen LogP contribution in [0.15, 0.2) is 29.2 Å². The van der Waals surface area contributed by atoms with E-state index >= 15 is 0 Å². The molecular weight excluding hydrogens is 274 g/mol. The Morgan fingerprint density at radius 3 is 2.37 bits per heavy atom. The number of halogens is 2. The van der Waals surface area contributed by atoms with E-state index < -0.39 is 16.0 Å². The number of benzene rings is 1. The molecule has 1 aromatic rings. The quantitative estimate of drug-likeness (QED) is 0.782. The molecule has 0 radical (unpaired) electrons. The summed E-state index contributed by atoms with van der Waals surface area (Å²) in [5.74, 6) is -2.70. The number of aryl methyl sites for hydroxylation is 1. The first-order chi connectivity index (χ1) is 8.78. The van der Waals surface area contributed by atoms with Crippen LogP contribution in [0.5, 0.6) is 0 Å². The van der Waals surface area contributed by atoms with Crippen LogP contribution in [-0.4, -0.2) is 20.9 Å². The molecule has 0 atom stereocenters. The minimum atomic E-state index is -3.77. The van der Waals surface area contributed by atoms with Gasteiger partial charge >= 0.3 is 0 Å². The molecule has 0 N–H and O–H groups in total. The molecule has 0 aliphatic heterocycles. The van der Waals surface area contributed by atoms with Gasteiger partial charge < -0.3 is 0 Å². The molecule has 0 bridgehead atoms. The van der Waals surface area contributed by atoms with Crippen molar-refractivity contribution in [2.24, 2.45) is 5.92 Å². The smallest absolute Gasteiger partial charge is 0.266 e. The summed E-state index contributed by atoms with van der Waals surface area (Å²) in [6.45, 7) is 1.81. The van der Waals surface area contributed by atoms with Gasteiger partial charge in [-0.2, -0.15) is 8.42 Å². The number of alkyl halides is 2. The minimum absolute atomic E-state index is 0.0447.